The molecule has 1 rings (SSSR count). The molecule has 1 aromatic heterocycles. The standard InChI is InChI=1S/C6H5N5O2/c1-4-2-5(11(12)13)6(8-3-4)9-10-7/h2-3H,1H3. The zero-order valence-electron chi connectivity index (χ0n) is 6.71. The molecule has 0 aromatic carbocycles. The summed E-state index contributed by atoms with van der Waals surface area (Å²) in [6, 6.07) is 1.30. The predicted octanol–water partition coefficient (Wildman–Crippen LogP) is 2.24. The van der Waals surface area contributed by atoms with E-state index in [2.05, 4.69) is 15.0 Å². The first-order valence-electron chi connectivity index (χ1n) is 3.31. The number of pyridine rings is 1. The van der Waals surface area contributed by atoms with Crippen LogP contribution in [0.25, 0.3) is 10.4 Å². The summed E-state index contributed by atoms with van der Waals surface area (Å²) in [7, 11) is 0. The van der Waals surface area contributed by atoms with Crippen LogP contribution in [-0.4, -0.2) is 9.91 Å². The van der Waals surface area contributed by atoms with E-state index in [1.54, 1.807) is 6.92 Å². The summed E-state index contributed by atoms with van der Waals surface area (Å²) in [5, 5.41) is 13.5. The maximum Gasteiger partial charge on any atom is 0.297 e. The predicted molar refractivity (Wildman–Crippen MR) is 44.4 cm³/mol. The zero-order chi connectivity index (χ0) is 9.84. The summed E-state index contributed by atoms with van der Waals surface area (Å²) in [4.78, 5) is 15.9. The minimum absolute atomic E-state index is 0.210. The van der Waals surface area contributed by atoms with Gasteiger partial charge in [-0.05, 0) is 23.1 Å². The summed E-state index contributed by atoms with van der Waals surface area (Å²) in [6.45, 7) is 1.67. The molecule has 0 unspecified atom stereocenters. The van der Waals surface area contributed by atoms with Gasteiger partial charge in [0.2, 0.25) is 5.82 Å². The van der Waals surface area contributed by atoms with Crippen LogP contribution in [0.5, 0.6) is 0 Å². The molecule has 0 aliphatic carbocycles. The summed E-state index contributed by atoms with van der Waals surface area (Å²) in [5.41, 5.74) is 8.45. The lowest BCUT2D eigenvalue weighted by Crippen LogP contribution is -1.90. The molecule has 0 amide bonds. The third kappa shape index (κ3) is 1.91. The van der Waals surface area contributed by atoms with E-state index in [9.17, 15) is 10.1 Å². The Hall–Kier alpha value is -2.14. The molecule has 0 N–H and O–H groups in total. The molecule has 7 nitrogen and oxygen atoms in total. The Morgan fingerprint density at radius 1 is 1.77 bits per heavy atom. The van der Waals surface area contributed by atoms with Crippen LogP contribution in [0.4, 0.5) is 11.5 Å². The lowest BCUT2D eigenvalue weighted by Gasteiger charge is -1.95. The van der Waals surface area contributed by atoms with Crippen LogP contribution in [0.1, 0.15) is 5.56 Å². The molecular formula is C6H5N5O2. The molecular weight excluding hydrogens is 174 g/mol. The first kappa shape index (κ1) is 8.95. The van der Waals surface area contributed by atoms with Crippen molar-refractivity contribution in [1.82, 2.24) is 4.98 Å². The Kier molecular flexibility index (Phi) is 2.41. The minimum Gasteiger partial charge on any atom is -0.258 e. The number of aryl methyl sites for hydroxylation is 1. The third-order valence-corrected chi connectivity index (χ3v) is 1.32. The molecule has 0 spiro atoms. The highest BCUT2D eigenvalue weighted by molar-refractivity contribution is 5.52. The van der Waals surface area contributed by atoms with Gasteiger partial charge in [0, 0.05) is 17.2 Å². The molecule has 7 heteroatoms. The Balaban J connectivity index is 3.34. The van der Waals surface area contributed by atoms with Crippen molar-refractivity contribution in [3.63, 3.8) is 0 Å². The lowest BCUT2D eigenvalue weighted by molar-refractivity contribution is -0.384. The average Bonchev–Trinajstić information content (AvgIpc) is 2.08. The number of aromatic nitrogens is 1. The fourth-order valence-electron chi connectivity index (χ4n) is 0.800. The van der Waals surface area contributed by atoms with E-state index in [1.807, 2.05) is 0 Å². The van der Waals surface area contributed by atoms with Gasteiger partial charge in [-0.1, -0.05) is 0 Å². The van der Waals surface area contributed by atoms with E-state index in [0.717, 1.165) is 0 Å². The summed E-state index contributed by atoms with van der Waals surface area (Å²) in [6.07, 6.45) is 1.40. The second-order valence-electron chi connectivity index (χ2n) is 2.30. The molecule has 0 saturated heterocycles. The molecule has 0 saturated carbocycles. The molecule has 0 bridgehead atoms. The van der Waals surface area contributed by atoms with Crippen molar-refractivity contribution < 1.29 is 4.92 Å². The smallest absolute Gasteiger partial charge is 0.258 e. The fraction of sp³-hybridized carbons (Fsp3) is 0.167. The van der Waals surface area contributed by atoms with Crippen LogP contribution in [0.3, 0.4) is 0 Å². The van der Waals surface area contributed by atoms with Gasteiger partial charge >= 0.3 is 0 Å². The van der Waals surface area contributed by atoms with Crippen molar-refractivity contribution in [3.05, 3.63) is 38.4 Å². The van der Waals surface area contributed by atoms with Crippen molar-refractivity contribution >= 4 is 11.5 Å². The van der Waals surface area contributed by atoms with E-state index in [4.69, 9.17) is 5.53 Å². The molecule has 66 valence electrons. The van der Waals surface area contributed by atoms with Gasteiger partial charge in [-0.25, -0.2) is 4.98 Å². The summed E-state index contributed by atoms with van der Waals surface area (Å²) >= 11 is 0. The van der Waals surface area contributed by atoms with Gasteiger partial charge in [-0.3, -0.25) is 10.1 Å². The second-order valence-corrected chi connectivity index (χ2v) is 2.30. The lowest BCUT2D eigenvalue weighted by atomic mass is 10.3. The van der Waals surface area contributed by atoms with Gasteiger partial charge in [-0.2, -0.15) is 0 Å². The molecule has 0 radical (unpaired) electrons. The number of nitro groups is 1. The summed E-state index contributed by atoms with van der Waals surface area (Å²) in [5.74, 6) is -0.210. The van der Waals surface area contributed by atoms with Crippen molar-refractivity contribution in [1.29, 1.82) is 0 Å². The fourth-order valence-corrected chi connectivity index (χ4v) is 0.800. The first-order chi connectivity index (χ1) is 6.15. The van der Waals surface area contributed by atoms with Crippen LogP contribution in [0.2, 0.25) is 0 Å². The Morgan fingerprint density at radius 2 is 2.46 bits per heavy atom. The average molecular weight is 179 g/mol. The van der Waals surface area contributed by atoms with Gasteiger partial charge < -0.3 is 0 Å². The SMILES string of the molecule is Cc1cnc(N=[N+]=[N-])c([N+](=O)[O-])c1. The van der Waals surface area contributed by atoms with E-state index in [1.165, 1.54) is 12.3 Å². The van der Waals surface area contributed by atoms with Crippen molar-refractivity contribution in [2.24, 2.45) is 5.11 Å². The number of hydrogen-bond acceptors (Lipinski definition) is 4. The quantitative estimate of drug-likeness (QED) is 0.228. The highest BCUT2D eigenvalue weighted by atomic mass is 16.6. The molecule has 0 aliphatic heterocycles. The third-order valence-electron chi connectivity index (χ3n) is 1.32. The van der Waals surface area contributed by atoms with Gasteiger partial charge in [0.05, 0.1) is 4.92 Å². The van der Waals surface area contributed by atoms with Gasteiger partial charge in [0.15, 0.2) is 0 Å². The Labute approximate surface area is 72.8 Å². The first-order valence-corrected chi connectivity index (χ1v) is 3.31. The van der Waals surface area contributed by atoms with Crippen LogP contribution in [-0.2, 0) is 0 Å². The molecule has 0 aliphatic rings. The molecule has 1 aromatic rings. The van der Waals surface area contributed by atoms with E-state index < -0.39 is 4.92 Å². The topological polar surface area (TPSA) is 105 Å². The van der Waals surface area contributed by atoms with Crippen LogP contribution in [0.15, 0.2) is 17.4 Å². The molecule has 0 fully saturated rings. The highest BCUT2D eigenvalue weighted by Gasteiger charge is 2.13. The van der Waals surface area contributed by atoms with Gasteiger partial charge in [-0.15, -0.1) is 0 Å². The van der Waals surface area contributed by atoms with Gasteiger partial charge in [0.25, 0.3) is 5.69 Å². The normalized spacial score (nSPS) is 9.00. The summed E-state index contributed by atoms with van der Waals surface area (Å²) < 4.78 is 0. The van der Waals surface area contributed by atoms with Crippen molar-refractivity contribution in [3.8, 4) is 0 Å². The van der Waals surface area contributed by atoms with E-state index in [0.29, 0.717) is 5.56 Å². The highest BCUT2D eigenvalue weighted by Crippen LogP contribution is 2.24. The maximum atomic E-state index is 10.4. The number of azide groups is 1. The maximum absolute atomic E-state index is 10.4. The van der Waals surface area contributed by atoms with Gasteiger partial charge in [0.1, 0.15) is 0 Å². The van der Waals surface area contributed by atoms with Crippen molar-refractivity contribution in [2.75, 3.05) is 0 Å². The number of rotatable bonds is 2. The number of nitrogens with zero attached hydrogens (tertiary/aromatic N) is 5. The van der Waals surface area contributed by atoms with Crippen LogP contribution >= 0.6 is 0 Å². The largest absolute Gasteiger partial charge is 0.297 e. The Bertz CT molecular complexity index is 396. The van der Waals surface area contributed by atoms with Crippen LogP contribution < -0.4 is 0 Å². The van der Waals surface area contributed by atoms with E-state index >= 15 is 0 Å². The second kappa shape index (κ2) is 3.51. The zero-order valence-corrected chi connectivity index (χ0v) is 6.71. The van der Waals surface area contributed by atoms with Crippen molar-refractivity contribution in [2.45, 2.75) is 6.92 Å². The molecule has 1 heterocycles. The minimum atomic E-state index is -0.635. The van der Waals surface area contributed by atoms with E-state index in [-0.39, 0.29) is 11.5 Å². The molecule has 13 heavy (non-hydrogen) atoms. The van der Waals surface area contributed by atoms with Crippen LogP contribution in [0, 0.1) is 17.0 Å². The number of hydrogen-bond donors (Lipinski definition) is 0. The Morgan fingerprint density at radius 3 is 3.00 bits per heavy atom. The monoisotopic (exact) mass is 179 g/mol. The molecule has 0 atom stereocenters.